The number of fused-ring (bicyclic) bond motifs is 1. The number of nitrogens with zero attached hydrogens (tertiary/aromatic N) is 2. The van der Waals surface area contributed by atoms with E-state index in [4.69, 9.17) is 15.5 Å². The lowest BCUT2D eigenvalue weighted by atomic mass is 9.98. The minimum Gasteiger partial charge on any atom is -0.459 e. The summed E-state index contributed by atoms with van der Waals surface area (Å²) in [5.74, 6) is -0.238. The highest BCUT2D eigenvalue weighted by atomic mass is 16.5. The number of rotatable bonds is 4. The van der Waals surface area contributed by atoms with Gasteiger partial charge < -0.3 is 15.4 Å². The Morgan fingerprint density at radius 3 is 2.50 bits per heavy atom. The summed E-state index contributed by atoms with van der Waals surface area (Å²) in [6, 6.07) is 16.8. The quantitative estimate of drug-likeness (QED) is 0.860. The first-order chi connectivity index (χ1) is 12.5. The van der Waals surface area contributed by atoms with E-state index >= 15 is 0 Å². The first-order valence-corrected chi connectivity index (χ1v) is 8.85. The van der Waals surface area contributed by atoms with Crippen molar-refractivity contribution in [2.24, 2.45) is 16.6 Å². The normalized spacial score (nSPS) is 19.6. The topological polar surface area (TPSA) is 67.9 Å². The minimum atomic E-state index is -0.770. The summed E-state index contributed by atoms with van der Waals surface area (Å²) < 4.78 is 5.52. The second kappa shape index (κ2) is 7.70. The largest absolute Gasteiger partial charge is 0.459 e. The highest BCUT2D eigenvalue weighted by Gasteiger charge is 2.34. The fraction of sp³-hybridized carbons (Fsp3) is 0.333. The number of likely N-dealkylation sites (N-methyl/N-ethyl adjacent to an activating group) is 1. The van der Waals surface area contributed by atoms with Gasteiger partial charge in [0.1, 0.15) is 12.8 Å². The van der Waals surface area contributed by atoms with Gasteiger partial charge in [-0.05, 0) is 17.5 Å². The van der Waals surface area contributed by atoms with E-state index in [2.05, 4.69) is 13.8 Å². The highest BCUT2D eigenvalue weighted by Crippen LogP contribution is 2.28. The highest BCUT2D eigenvalue weighted by molar-refractivity contribution is 6.08. The Balaban J connectivity index is 1.89. The maximum atomic E-state index is 12.8. The monoisotopic (exact) mass is 351 g/mol. The zero-order chi connectivity index (χ0) is 18.7. The van der Waals surface area contributed by atoms with Crippen molar-refractivity contribution in [3.05, 3.63) is 65.7 Å². The number of aliphatic imine (C=N–C) groups is 1. The first-order valence-electron chi connectivity index (χ1n) is 8.85. The number of benzene rings is 2. The third-order valence-electron chi connectivity index (χ3n) is 4.62. The Labute approximate surface area is 154 Å². The molecule has 0 amide bonds. The van der Waals surface area contributed by atoms with Gasteiger partial charge in [-0.3, -0.25) is 4.99 Å². The van der Waals surface area contributed by atoms with Crippen LogP contribution in [0.3, 0.4) is 0 Å². The Hall–Kier alpha value is -2.66. The van der Waals surface area contributed by atoms with E-state index in [0.717, 1.165) is 22.5 Å². The van der Waals surface area contributed by atoms with E-state index in [1.54, 1.807) is 0 Å². The van der Waals surface area contributed by atoms with Crippen LogP contribution in [0.15, 0.2) is 59.6 Å². The van der Waals surface area contributed by atoms with Crippen LogP contribution in [0, 0.1) is 5.92 Å². The number of carbonyl (C=O) groups excluding carboxylic acids is 1. The van der Waals surface area contributed by atoms with Crippen molar-refractivity contribution in [2.75, 3.05) is 11.9 Å². The van der Waals surface area contributed by atoms with Crippen LogP contribution in [0.2, 0.25) is 0 Å². The van der Waals surface area contributed by atoms with E-state index in [-0.39, 0.29) is 12.5 Å². The molecule has 2 atom stereocenters. The number of carbonyl (C=O) groups is 1. The van der Waals surface area contributed by atoms with E-state index in [0.29, 0.717) is 0 Å². The van der Waals surface area contributed by atoms with Gasteiger partial charge in [-0.2, -0.15) is 0 Å². The predicted octanol–water partition coefficient (Wildman–Crippen LogP) is 2.98. The molecule has 0 aromatic heterocycles. The smallest absolute Gasteiger partial charge is 0.334 e. The van der Waals surface area contributed by atoms with Crippen molar-refractivity contribution in [1.29, 1.82) is 0 Å². The lowest BCUT2D eigenvalue weighted by Crippen LogP contribution is -2.50. The van der Waals surface area contributed by atoms with Gasteiger partial charge in [0.05, 0.1) is 0 Å². The average Bonchev–Trinajstić information content (AvgIpc) is 2.77. The molecule has 5 heteroatoms. The molecule has 0 bridgehead atoms. The molecule has 3 rings (SSSR count). The van der Waals surface area contributed by atoms with Crippen LogP contribution in [0.25, 0.3) is 0 Å². The van der Waals surface area contributed by atoms with Gasteiger partial charge in [0.15, 0.2) is 6.04 Å². The molecule has 0 fully saturated rings. The summed E-state index contributed by atoms with van der Waals surface area (Å²) in [6.07, 6.45) is -0.587. The molecule has 0 saturated heterocycles. The second-order valence-electron chi connectivity index (χ2n) is 6.83. The summed E-state index contributed by atoms with van der Waals surface area (Å²) in [6.45, 7) is 4.35. The number of anilines is 1. The van der Waals surface area contributed by atoms with Crippen molar-refractivity contribution in [1.82, 2.24) is 0 Å². The lowest BCUT2D eigenvalue weighted by molar-refractivity contribution is -0.146. The summed E-state index contributed by atoms with van der Waals surface area (Å²) in [5, 5.41) is 0. The number of hydrogen-bond acceptors (Lipinski definition) is 5. The van der Waals surface area contributed by atoms with Crippen molar-refractivity contribution >= 4 is 17.4 Å². The molecule has 1 aliphatic rings. The molecule has 26 heavy (non-hydrogen) atoms. The number of ether oxygens (including phenoxy) is 1. The second-order valence-corrected chi connectivity index (χ2v) is 6.83. The molecule has 1 heterocycles. The molecule has 5 nitrogen and oxygen atoms in total. The third-order valence-corrected chi connectivity index (χ3v) is 4.62. The fourth-order valence-electron chi connectivity index (χ4n) is 3.13. The number of hydrogen-bond donors (Lipinski definition) is 1. The maximum Gasteiger partial charge on any atom is 0.334 e. The van der Waals surface area contributed by atoms with Crippen molar-refractivity contribution in [2.45, 2.75) is 32.7 Å². The molecule has 0 spiro atoms. The molecule has 0 radical (unpaired) electrons. The Kier molecular flexibility index (Phi) is 5.38. The van der Waals surface area contributed by atoms with Crippen LogP contribution in [0.4, 0.5) is 5.69 Å². The molecular weight excluding hydrogens is 326 g/mol. The molecule has 0 saturated carbocycles. The molecule has 2 unspecified atom stereocenters. The molecule has 2 N–H and O–H groups in total. The van der Waals surface area contributed by atoms with Gasteiger partial charge in [-0.1, -0.05) is 62.4 Å². The Bertz CT molecular complexity index is 802. The number of benzodiazepines with no additional fused rings is 1. The van der Waals surface area contributed by atoms with E-state index in [1.165, 1.54) is 0 Å². The first kappa shape index (κ1) is 18.1. The lowest BCUT2D eigenvalue weighted by Gasteiger charge is -2.29. The fourth-order valence-corrected chi connectivity index (χ4v) is 3.13. The third kappa shape index (κ3) is 3.63. The summed E-state index contributed by atoms with van der Waals surface area (Å²) in [7, 11) is 1.89. The molecule has 1 aliphatic heterocycles. The van der Waals surface area contributed by atoms with Crippen LogP contribution in [-0.4, -0.2) is 30.9 Å². The van der Waals surface area contributed by atoms with Gasteiger partial charge in [-0.25, -0.2) is 4.79 Å². The van der Waals surface area contributed by atoms with E-state index < -0.39 is 18.2 Å². The zero-order valence-corrected chi connectivity index (χ0v) is 15.4. The molecular formula is C21H25N3O2. The minimum absolute atomic E-state index is 0.166. The van der Waals surface area contributed by atoms with Crippen LogP contribution in [0.1, 0.15) is 25.0 Å². The Morgan fingerprint density at radius 1 is 1.15 bits per heavy atom. The molecule has 0 aliphatic carbocycles. The predicted molar refractivity (Wildman–Crippen MR) is 104 cm³/mol. The summed E-state index contributed by atoms with van der Waals surface area (Å²) >= 11 is 0. The van der Waals surface area contributed by atoms with Gasteiger partial charge in [0.2, 0.25) is 0 Å². The SMILES string of the molecule is CC(C)C1=NC(C(=O)OCc2ccccc2)C(N)N(C)c2ccccc21. The average molecular weight is 351 g/mol. The van der Waals surface area contributed by atoms with Crippen LogP contribution in [0.5, 0.6) is 0 Å². The number of esters is 1. The van der Waals surface area contributed by atoms with Crippen LogP contribution >= 0.6 is 0 Å². The number of para-hydroxylation sites is 1. The van der Waals surface area contributed by atoms with E-state index in [1.807, 2.05) is 66.5 Å². The van der Waals surface area contributed by atoms with Crippen LogP contribution in [-0.2, 0) is 16.1 Å². The Morgan fingerprint density at radius 2 is 1.81 bits per heavy atom. The van der Waals surface area contributed by atoms with Crippen molar-refractivity contribution in [3.63, 3.8) is 0 Å². The van der Waals surface area contributed by atoms with Crippen LogP contribution < -0.4 is 10.6 Å². The van der Waals surface area contributed by atoms with Gasteiger partial charge in [0.25, 0.3) is 0 Å². The van der Waals surface area contributed by atoms with Crippen molar-refractivity contribution in [3.8, 4) is 0 Å². The molecule has 2 aromatic carbocycles. The summed E-state index contributed by atoms with van der Waals surface area (Å²) in [5.41, 5.74) is 10.2. The molecule has 136 valence electrons. The van der Waals surface area contributed by atoms with Gasteiger partial charge in [0, 0.05) is 24.0 Å². The number of nitrogens with two attached hydrogens (primary N) is 1. The maximum absolute atomic E-state index is 12.8. The molecule has 2 aromatic rings. The van der Waals surface area contributed by atoms with Gasteiger partial charge >= 0.3 is 5.97 Å². The zero-order valence-electron chi connectivity index (χ0n) is 15.4. The standard InChI is InChI=1S/C21H25N3O2/c1-14(2)18-16-11-7-8-12-17(16)24(3)20(22)19(23-18)21(25)26-13-15-9-5-4-6-10-15/h4-12,14,19-20H,13,22H2,1-3H3. The summed E-state index contributed by atoms with van der Waals surface area (Å²) in [4.78, 5) is 19.4. The van der Waals surface area contributed by atoms with Gasteiger partial charge in [-0.15, -0.1) is 0 Å². The van der Waals surface area contributed by atoms with E-state index in [9.17, 15) is 4.79 Å². The van der Waals surface area contributed by atoms with Crippen molar-refractivity contribution < 1.29 is 9.53 Å².